The quantitative estimate of drug-likeness (QED) is 0.850. The van der Waals surface area contributed by atoms with Crippen LogP contribution >= 0.6 is 0 Å². The Morgan fingerprint density at radius 1 is 1.47 bits per heavy atom. The third kappa shape index (κ3) is 2.79. The zero-order valence-electron chi connectivity index (χ0n) is 10.6. The molecule has 1 fully saturated rings. The average molecular weight is 235 g/mol. The van der Waals surface area contributed by atoms with Gasteiger partial charge in [-0.3, -0.25) is 0 Å². The van der Waals surface area contributed by atoms with Crippen LogP contribution in [0.15, 0.2) is 24.3 Å². The van der Waals surface area contributed by atoms with Crippen molar-refractivity contribution in [2.75, 3.05) is 26.9 Å². The molecule has 0 aliphatic carbocycles. The molecule has 0 amide bonds. The van der Waals surface area contributed by atoms with Crippen molar-refractivity contribution in [3.63, 3.8) is 0 Å². The number of nitrogens with one attached hydrogen (secondary N) is 1. The molecule has 94 valence electrons. The van der Waals surface area contributed by atoms with E-state index in [1.54, 1.807) is 7.11 Å². The first-order chi connectivity index (χ1) is 8.36. The van der Waals surface area contributed by atoms with E-state index in [-0.39, 0.29) is 0 Å². The predicted molar refractivity (Wildman–Crippen MR) is 68.3 cm³/mol. The molecule has 0 radical (unpaired) electrons. The Hall–Kier alpha value is -1.06. The summed E-state index contributed by atoms with van der Waals surface area (Å²) < 4.78 is 10.9. The fourth-order valence-corrected chi connectivity index (χ4v) is 2.49. The van der Waals surface area contributed by atoms with Gasteiger partial charge >= 0.3 is 0 Å². The van der Waals surface area contributed by atoms with Crippen molar-refractivity contribution in [1.29, 1.82) is 0 Å². The molecule has 1 aliphatic rings. The third-order valence-corrected chi connectivity index (χ3v) is 3.33. The van der Waals surface area contributed by atoms with Gasteiger partial charge in [-0.2, -0.15) is 0 Å². The van der Waals surface area contributed by atoms with Crippen molar-refractivity contribution in [2.24, 2.45) is 5.92 Å². The van der Waals surface area contributed by atoms with Crippen molar-refractivity contribution < 1.29 is 9.47 Å². The first-order valence-corrected chi connectivity index (χ1v) is 6.30. The van der Waals surface area contributed by atoms with Crippen LogP contribution in [0, 0.1) is 5.92 Å². The van der Waals surface area contributed by atoms with Gasteiger partial charge in [0.05, 0.1) is 13.7 Å². The van der Waals surface area contributed by atoms with Crippen molar-refractivity contribution in [3.05, 3.63) is 29.8 Å². The minimum absolute atomic E-state index is 0.332. The molecule has 17 heavy (non-hydrogen) atoms. The highest BCUT2D eigenvalue weighted by Gasteiger charge is 2.28. The van der Waals surface area contributed by atoms with Crippen LogP contribution in [-0.4, -0.2) is 26.9 Å². The zero-order chi connectivity index (χ0) is 12.1. The van der Waals surface area contributed by atoms with Crippen molar-refractivity contribution in [3.8, 4) is 5.75 Å². The molecule has 2 unspecified atom stereocenters. The molecule has 0 spiro atoms. The van der Waals surface area contributed by atoms with Crippen LogP contribution in [0.3, 0.4) is 0 Å². The van der Waals surface area contributed by atoms with Gasteiger partial charge in [0.2, 0.25) is 0 Å². The molecule has 1 aromatic carbocycles. The van der Waals surface area contributed by atoms with Crippen molar-refractivity contribution in [2.45, 2.75) is 19.4 Å². The van der Waals surface area contributed by atoms with Gasteiger partial charge in [-0.05, 0) is 19.0 Å². The maximum atomic E-state index is 5.50. The number of hydrogen-bond donors (Lipinski definition) is 1. The lowest BCUT2D eigenvalue weighted by Gasteiger charge is -2.25. The summed E-state index contributed by atoms with van der Waals surface area (Å²) >= 11 is 0. The Bertz CT molecular complexity index is 348. The van der Waals surface area contributed by atoms with Crippen LogP contribution in [0.2, 0.25) is 0 Å². The van der Waals surface area contributed by atoms with Gasteiger partial charge in [0.25, 0.3) is 0 Å². The van der Waals surface area contributed by atoms with Crippen molar-refractivity contribution >= 4 is 0 Å². The van der Waals surface area contributed by atoms with Crippen LogP contribution < -0.4 is 10.1 Å². The number of methoxy groups -OCH3 is 1. The highest BCUT2D eigenvalue weighted by atomic mass is 16.5. The summed E-state index contributed by atoms with van der Waals surface area (Å²) in [5.41, 5.74) is 1.24. The first-order valence-electron chi connectivity index (χ1n) is 6.30. The topological polar surface area (TPSA) is 30.5 Å². The molecule has 0 aromatic heterocycles. The summed E-state index contributed by atoms with van der Waals surface area (Å²) in [5, 5.41) is 3.56. The average Bonchev–Trinajstić information content (AvgIpc) is 2.89. The fourth-order valence-electron chi connectivity index (χ4n) is 2.49. The number of ether oxygens (including phenoxy) is 2. The highest BCUT2D eigenvalue weighted by molar-refractivity contribution is 5.36. The second-order valence-corrected chi connectivity index (χ2v) is 4.40. The van der Waals surface area contributed by atoms with Gasteiger partial charge in [0.15, 0.2) is 0 Å². The standard InChI is InChI=1S/C14H21NO2/c1-3-15-14(11-8-9-17-10-11)12-6-4-5-7-13(12)16-2/h4-7,11,14-15H,3,8-10H2,1-2H3. The molecule has 1 saturated heterocycles. The lowest BCUT2D eigenvalue weighted by Crippen LogP contribution is -2.28. The first kappa shape index (κ1) is 12.4. The zero-order valence-corrected chi connectivity index (χ0v) is 10.6. The van der Waals surface area contributed by atoms with Gasteiger partial charge in [0, 0.05) is 24.1 Å². The van der Waals surface area contributed by atoms with E-state index in [0.29, 0.717) is 12.0 Å². The van der Waals surface area contributed by atoms with Gasteiger partial charge in [-0.15, -0.1) is 0 Å². The minimum Gasteiger partial charge on any atom is -0.496 e. The van der Waals surface area contributed by atoms with E-state index in [1.807, 2.05) is 12.1 Å². The van der Waals surface area contributed by atoms with E-state index in [4.69, 9.17) is 9.47 Å². The van der Waals surface area contributed by atoms with E-state index >= 15 is 0 Å². The Morgan fingerprint density at radius 3 is 2.94 bits per heavy atom. The maximum Gasteiger partial charge on any atom is 0.123 e. The molecule has 1 aromatic rings. The summed E-state index contributed by atoms with van der Waals surface area (Å²) in [6.45, 7) is 4.81. The van der Waals surface area contributed by atoms with E-state index in [0.717, 1.165) is 31.9 Å². The lowest BCUT2D eigenvalue weighted by molar-refractivity contribution is 0.176. The predicted octanol–water partition coefficient (Wildman–Crippen LogP) is 2.38. The lowest BCUT2D eigenvalue weighted by atomic mass is 9.91. The fraction of sp³-hybridized carbons (Fsp3) is 0.571. The molecule has 3 nitrogen and oxygen atoms in total. The molecule has 1 heterocycles. The second-order valence-electron chi connectivity index (χ2n) is 4.40. The molecular formula is C14H21NO2. The molecule has 3 heteroatoms. The van der Waals surface area contributed by atoms with Crippen molar-refractivity contribution in [1.82, 2.24) is 5.32 Å². The van der Waals surface area contributed by atoms with Crippen LogP contribution in [0.25, 0.3) is 0 Å². The van der Waals surface area contributed by atoms with E-state index in [9.17, 15) is 0 Å². The number of para-hydroxylation sites is 1. The largest absolute Gasteiger partial charge is 0.496 e. The number of hydrogen-bond acceptors (Lipinski definition) is 3. The minimum atomic E-state index is 0.332. The molecule has 2 rings (SSSR count). The Balaban J connectivity index is 2.24. The van der Waals surface area contributed by atoms with Crippen LogP contribution in [0.1, 0.15) is 24.9 Å². The summed E-state index contributed by atoms with van der Waals surface area (Å²) in [6.07, 6.45) is 1.12. The van der Waals surface area contributed by atoms with E-state index in [2.05, 4.69) is 24.4 Å². The summed E-state index contributed by atoms with van der Waals surface area (Å²) in [4.78, 5) is 0. The Morgan fingerprint density at radius 2 is 2.29 bits per heavy atom. The van der Waals surface area contributed by atoms with Crippen LogP contribution in [0.5, 0.6) is 5.75 Å². The molecular weight excluding hydrogens is 214 g/mol. The van der Waals surface area contributed by atoms with Gasteiger partial charge in [-0.25, -0.2) is 0 Å². The third-order valence-electron chi connectivity index (χ3n) is 3.33. The Labute approximate surface area is 103 Å². The molecule has 2 atom stereocenters. The Kier molecular flexibility index (Phi) is 4.40. The van der Waals surface area contributed by atoms with Gasteiger partial charge in [-0.1, -0.05) is 25.1 Å². The number of rotatable bonds is 5. The highest BCUT2D eigenvalue weighted by Crippen LogP contribution is 2.33. The van der Waals surface area contributed by atoms with Gasteiger partial charge in [0.1, 0.15) is 5.75 Å². The molecule has 0 bridgehead atoms. The number of benzene rings is 1. The normalized spacial score (nSPS) is 21.4. The summed E-state index contributed by atoms with van der Waals surface area (Å²) in [5.74, 6) is 1.51. The van der Waals surface area contributed by atoms with E-state index < -0.39 is 0 Å². The summed E-state index contributed by atoms with van der Waals surface area (Å²) in [6, 6.07) is 8.58. The van der Waals surface area contributed by atoms with Gasteiger partial charge < -0.3 is 14.8 Å². The maximum absolute atomic E-state index is 5.50. The molecule has 1 N–H and O–H groups in total. The van der Waals surface area contributed by atoms with Crippen LogP contribution in [-0.2, 0) is 4.74 Å². The van der Waals surface area contributed by atoms with E-state index in [1.165, 1.54) is 5.56 Å². The second kappa shape index (κ2) is 6.03. The smallest absolute Gasteiger partial charge is 0.123 e. The monoisotopic (exact) mass is 235 g/mol. The van der Waals surface area contributed by atoms with Crippen LogP contribution in [0.4, 0.5) is 0 Å². The molecule has 0 saturated carbocycles. The molecule has 1 aliphatic heterocycles. The summed E-state index contributed by atoms with van der Waals surface area (Å²) in [7, 11) is 1.73. The SMILES string of the molecule is CCNC(c1ccccc1OC)C1CCOC1.